The highest BCUT2D eigenvalue weighted by molar-refractivity contribution is 6.58. The topological polar surface area (TPSA) is 415 Å². The molecule has 3 saturated heterocycles. The van der Waals surface area contributed by atoms with Crippen LogP contribution in [0.2, 0.25) is 20.4 Å². The summed E-state index contributed by atoms with van der Waals surface area (Å²) in [5.74, 6) is 0.596. The number of fused-ring (bicyclic) bond motifs is 6. The number of rotatable bonds is 11. The van der Waals surface area contributed by atoms with Gasteiger partial charge in [0.25, 0.3) is 0 Å². The Hall–Kier alpha value is -12.4. The van der Waals surface area contributed by atoms with Gasteiger partial charge in [-0.1, -0.05) is 118 Å². The van der Waals surface area contributed by atoms with Gasteiger partial charge in [-0.25, -0.2) is 66.2 Å². The average molecular weight is 1940 g/mol. The van der Waals surface area contributed by atoms with E-state index in [4.69, 9.17) is 104 Å². The molecule has 38 nitrogen and oxygen atoms in total. The second kappa shape index (κ2) is 39.1. The highest BCUT2D eigenvalue weighted by Gasteiger charge is 2.44. The monoisotopic (exact) mass is 1940 g/mol. The average Bonchev–Trinajstić information content (AvgIpc) is 1.72. The molecule has 17 rings (SSSR count). The Labute approximate surface area is 795 Å². The van der Waals surface area contributed by atoms with Gasteiger partial charge in [-0.15, -0.1) is 0 Å². The van der Waals surface area contributed by atoms with Crippen LogP contribution in [-0.2, 0) is 14.2 Å². The maximum Gasteiger partial charge on any atom is 0.491 e. The molecule has 2 aromatic carbocycles. The lowest BCUT2D eigenvalue weighted by atomic mass is 9.80. The Morgan fingerprint density at radius 3 is 1.16 bits per heavy atom. The van der Waals surface area contributed by atoms with Gasteiger partial charge < -0.3 is 82.1 Å². The first kappa shape index (κ1) is 98.6. The molecule has 2 N–H and O–H groups in total. The van der Waals surface area contributed by atoms with Crippen molar-refractivity contribution in [2.45, 2.75) is 177 Å². The number of carbonyl (C=O) groups excluding carboxylic acids is 3. The van der Waals surface area contributed by atoms with Crippen LogP contribution in [0.15, 0.2) is 69.0 Å². The molecular weight excluding hydrogens is 1840 g/mol. The molecule has 3 atom stereocenters. The van der Waals surface area contributed by atoms with Gasteiger partial charge in [-0.2, -0.15) is 44.9 Å². The number of amides is 3. The Bertz CT molecular complexity index is 6680. The van der Waals surface area contributed by atoms with Gasteiger partial charge in [0.15, 0.2) is 33.6 Å². The highest BCUT2D eigenvalue weighted by Crippen LogP contribution is 2.49. The van der Waals surface area contributed by atoms with Crippen molar-refractivity contribution >= 4 is 128 Å². The van der Waals surface area contributed by atoms with E-state index in [0.29, 0.717) is 149 Å². The van der Waals surface area contributed by atoms with Crippen LogP contribution in [0.1, 0.15) is 156 Å². The van der Waals surface area contributed by atoms with Gasteiger partial charge in [0.2, 0.25) is 0 Å². The Kier molecular flexibility index (Phi) is 28.6. The first-order valence-corrected chi connectivity index (χ1v) is 45.1. The lowest BCUT2D eigenvalue weighted by Gasteiger charge is -2.41. The number of piperazine rings is 3. The fraction of sp³-hybridized carbons (Fsp3) is 0.467. The maximum absolute atomic E-state index is 15.3. The van der Waals surface area contributed by atoms with Gasteiger partial charge in [0.1, 0.15) is 103 Å². The number of aromatic nitrogens is 15. The summed E-state index contributed by atoms with van der Waals surface area (Å²) in [6, 6.07) is 12.8. The zero-order chi connectivity index (χ0) is 98.0. The van der Waals surface area contributed by atoms with Crippen molar-refractivity contribution in [3.63, 3.8) is 0 Å². The number of halogens is 6. The van der Waals surface area contributed by atoms with E-state index in [1.165, 1.54) is 65.4 Å². The van der Waals surface area contributed by atoms with Crippen molar-refractivity contribution in [2.24, 2.45) is 0 Å². The first-order chi connectivity index (χ1) is 63.7. The number of hydrogen-bond donors (Lipinski definition) is 2. The molecule has 0 spiro atoms. The Balaban J connectivity index is 0.000000154. The molecule has 6 aliphatic heterocycles. The molecule has 6 aliphatic rings. The predicted molar refractivity (Wildman–Crippen MR) is 503 cm³/mol. The first-order valence-electron chi connectivity index (χ1n) is 43.6. The Morgan fingerprint density at radius 2 is 0.800 bits per heavy atom. The number of ether oxygens (including phenoxy) is 9. The number of benzene rings is 2. The van der Waals surface area contributed by atoms with E-state index >= 15 is 4.39 Å². The van der Waals surface area contributed by atoms with Crippen molar-refractivity contribution in [2.75, 3.05) is 115 Å². The van der Waals surface area contributed by atoms with Crippen LogP contribution in [0.25, 0.3) is 61.4 Å². The molecule has 0 saturated carbocycles. The summed E-state index contributed by atoms with van der Waals surface area (Å²) in [7, 11) is 2.73. The normalized spacial score (nSPS) is 16.2. The zero-order valence-electron chi connectivity index (χ0n) is 78.4. The smallest absolute Gasteiger partial charge is 0.490 e. The fourth-order valence-electron chi connectivity index (χ4n) is 16.5. The number of methoxy groups -OCH3 is 3. The van der Waals surface area contributed by atoms with Gasteiger partial charge in [0.05, 0.1) is 96.4 Å². The molecule has 716 valence electrons. The van der Waals surface area contributed by atoms with Crippen LogP contribution in [0.5, 0.6) is 35.3 Å². The van der Waals surface area contributed by atoms with E-state index in [1.807, 2.05) is 119 Å². The van der Waals surface area contributed by atoms with Crippen LogP contribution >= 0.6 is 46.4 Å². The lowest BCUT2D eigenvalue weighted by molar-refractivity contribution is 0.0192. The molecule has 11 aromatic rings. The SMILES string of the molecule is COc1nc(C)c(-n2c(=O)nc3c4c(c(Cl)c(-c5ccccc5F)nc42)OC[C@H]2CN(C(=O)OC(C)(C)C)CCN32)c(C(C)C)n1.COc1nc(C)c(-n2c(=O)nc3c4c(c(Cl)c(Cl)nc42)OC[C@H]2CN(C(=O)OC(C)(C)C)CCN32)c(C(C)C)n1.COc1nc(C)c(-n2c(=O)nc3c4c(cc(Cl)nc42)OC[C@H]2CN(C(=O)OC(C)(C)C)CCN32)c(C(C)C)n1.OB(O)c1ccccc1F. The summed E-state index contributed by atoms with van der Waals surface area (Å²) in [5, 5.41) is 18.7. The third kappa shape index (κ3) is 20.3. The number of hydrogen-bond acceptors (Lipinski definition) is 32. The number of pyridine rings is 3. The summed E-state index contributed by atoms with van der Waals surface area (Å²) >= 11 is 26.6. The predicted octanol–water partition coefficient (Wildman–Crippen LogP) is 12.4. The molecule has 0 unspecified atom stereocenters. The van der Waals surface area contributed by atoms with Gasteiger partial charge in [-0.05, 0) is 119 Å². The van der Waals surface area contributed by atoms with E-state index in [9.17, 15) is 33.2 Å². The summed E-state index contributed by atoms with van der Waals surface area (Å²) in [6.45, 7) is 37.1. The van der Waals surface area contributed by atoms with Crippen LogP contribution in [-0.4, -0.2) is 259 Å². The Morgan fingerprint density at radius 1 is 0.452 bits per heavy atom. The van der Waals surface area contributed by atoms with Crippen LogP contribution < -0.4 is 65.7 Å². The van der Waals surface area contributed by atoms with E-state index < -0.39 is 76.9 Å². The number of nitrogens with zero attached hydrogens (tertiary/aromatic N) is 21. The standard InChI is InChI=1S/C32H35ClFN7O5.C26H31Cl2N7O5.C26H32ClN7O5.C6H6BFO2/c1-16(2)23-25(17(3)35-29(37-23)44-7)41-28-21-26(22(33)24(36-28)19-10-8-9-11-20(19)34)45-15-18-14-39(31(43)46-32(4,5)6)12-13-40(18)27(21)38-30(41)42;1-12(2)17-18(13(3)29-23(30-17)38-7)35-22-15-19(16(27)20(28)31-22)39-11-14-10-33(25(37)40-26(4,5)6)8-9-34(14)21(15)32-24(35)36;1-13(2)19-20(14(3)28-23(30-19)37-7)34-22-18-16(10-17(27)29-22)38-12-15-11-32(25(36)39-26(4,5)6)8-9-33(15)21(18)31-24(34)35;8-6-4-2-1-3-5(6)7(9)10/h8-11,16,18H,12-15H2,1-7H3;12,14H,8-11H2,1-7H3;10,13,15H,8-9,11-12H2,1-7H3;1-4,9-10H/t18-;14-;15-;/m111./s1. The summed E-state index contributed by atoms with van der Waals surface area (Å²) in [6.07, 6.45) is -1.25. The van der Waals surface area contributed by atoms with E-state index in [1.54, 1.807) is 59.7 Å². The minimum Gasteiger partial charge on any atom is -0.490 e. The quantitative estimate of drug-likeness (QED) is 0.0690. The fourth-order valence-corrected chi connectivity index (χ4v) is 17.3. The maximum atomic E-state index is 15.3. The minimum atomic E-state index is -1.72. The second-order valence-electron chi connectivity index (χ2n) is 36.5. The largest absolute Gasteiger partial charge is 0.491 e. The van der Waals surface area contributed by atoms with Crippen molar-refractivity contribution in [1.82, 2.24) is 88.2 Å². The van der Waals surface area contributed by atoms with Gasteiger partial charge >= 0.3 is 60.5 Å². The molecule has 0 radical (unpaired) electrons. The molecule has 0 bridgehead atoms. The summed E-state index contributed by atoms with van der Waals surface area (Å²) in [4.78, 5) is 146. The molecule has 15 heterocycles. The summed E-state index contributed by atoms with van der Waals surface area (Å²) < 4.78 is 83.4. The highest BCUT2D eigenvalue weighted by atomic mass is 35.5. The third-order valence-electron chi connectivity index (χ3n) is 22.4. The van der Waals surface area contributed by atoms with E-state index in [-0.39, 0.29) is 134 Å². The number of carbonyl (C=O) groups is 3. The molecular formula is C90H104BCl4F2N21O17. The van der Waals surface area contributed by atoms with Crippen molar-refractivity contribution in [1.29, 1.82) is 0 Å². The van der Waals surface area contributed by atoms with Crippen molar-refractivity contribution < 1.29 is 75.8 Å². The van der Waals surface area contributed by atoms with Crippen LogP contribution in [0, 0.1) is 32.4 Å². The van der Waals surface area contributed by atoms with E-state index in [2.05, 4.69) is 54.8 Å². The zero-order valence-corrected chi connectivity index (χ0v) is 81.4. The molecule has 135 heavy (non-hydrogen) atoms. The van der Waals surface area contributed by atoms with Gasteiger partial charge in [0, 0.05) is 76.0 Å². The molecule has 3 amide bonds. The second-order valence-corrected chi connectivity index (χ2v) is 38.0. The molecule has 3 fully saturated rings. The molecule has 9 aromatic heterocycles. The summed E-state index contributed by atoms with van der Waals surface area (Å²) in [5.41, 5.74) is 1.64. The molecule has 0 aliphatic carbocycles. The van der Waals surface area contributed by atoms with Crippen molar-refractivity contribution in [3.05, 3.63) is 152 Å². The number of aryl methyl sites for hydroxylation is 3. The number of anilines is 3. The van der Waals surface area contributed by atoms with Crippen LogP contribution in [0.3, 0.4) is 0 Å². The minimum absolute atomic E-state index is 0.0251. The molecule has 45 heteroatoms. The lowest BCUT2D eigenvalue weighted by Crippen LogP contribution is -2.57. The third-order valence-corrected chi connectivity index (χ3v) is 23.7. The van der Waals surface area contributed by atoms with Crippen LogP contribution in [0.4, 0.5) is 40.6 Å². The van der Waals surface area contributed by atoms with E-state index in [0.717, 1.165) is 0 Å². The van der Waals surface area contributed by atoms with Gasteiger partial charge in [-0.3, -0.25) is 0 Å². The van der Waals surface area contributed by atoms with Crippen molar-refractivity contribution in [3.8, 4) is 63.6 Å².